The molecule has 1 atom stereocenters. The van der Waals surface area contributed by atoms with Crippen LogP contribution in [0.1, 0.15) is 76.0 Å². The van der Waals surface area contributed by atoms with Gasteiger partial charge in [0, 0.05) is 6.04 Å². The Morgan fingerprint density at radius 3 is 2.38 bits per heavy atom. The highest BCUT2D eigenvalue weighted by Gasteiger charge is 2.28. The van der Waals surface area contributed by atoms with Gasteiger partial charge in [0.05, 0.1) is 17.6 Å². The fourth-order valence-electron chi connectivity index (χ4n) is 5.21. The highest BCUT2D eigenvalue weighted by Crippen LogP contribution is 2.39. The minimum Gasteiger partial charge on any atom is -0.490 e. The first-order valence-corrected chi connectivity index (χ1v) is 11.8. The number of piperidine rings is 1. The Balaban J connectivity index is 1.55. The van der Waals surface area contributed by atoms with Gasteiger partial charge in [0.2, 0.25) is 0 Å². The number of ether oxygens (including phenoxy) is 1. The van der Waals surface area contributed by atoms with E-state index < -0.39 is 12.4 Å². The van der Waals surface area contributed by atoms with E-state index in [9.17, 15) is 18.7 Å². The maximum Gasteiger partial charge on any atom is 0.306 e. The van der Waals surface area contributed by atoms with Gasteiger partial charge in [-0.3, -0.25) is 9.69 Å². The first-order valence-electron chi connectivity index (χ1n) is 11.8. The largest absolute Gasteiger partial charge is 0.490 e. The number of alkyl halides is 2. The zero-order valence-electron chi connectivity index (χ0n) is 18.9. The molecule has 4 rings (SSSR count). The number of hydrogen-bond acceptors (Lipinski definition) is 3. The first-order chi connectivity index (χ1) is 15.3. The maximum absolute atomic E-state index is 14.1. The third-order valence-corrected chi connectivity index (χ3v) is 7.43. The predicted molar refractivity (Wildman–Crippen MR) is 121 cm³/mol. The van der Waals surface area contributed by atoms with Crippen LogP contribution in [0.3, 0.4) is 0 Å². The number of nitrogens with zero attached hydrogens (tertiary/aromatic N) is 1. The lowest BCUT2D eigenvalue weighted by atomic mass is 9.89. The molecule has 1 aliphatic heterocycles. The molecule has 32 heavy (non-hydrogen) atoms. The molecule has 0 radical (unpaired) electrons. The average Bonchev–Trinajstić information content (AvgIpc) is 2.79. The van der Waals surface area contributed by atoms with Crippen LogP contribution in [0.15, 0.2) is 30.3 Å². The van der Waals surface area contributed by atoms with Crippen LogP contribution in [0.5, 0.6) is 5.75 Å². The Hall–Kier alpha value is -2.21. The Kier molecular flexibility index (Phi) is 6.99. The van der Waals surface area contributed by atoms with Crippen molar-refractivity contribution in [2.24, 2.45) is 11.8 Å². The number of carboxylic acid groups (broad SMARTS) is 1. The molecular formula is C26H33F2NO3. The summed E-state index contributed by atoms with van der Waals surface area (Å²) < 4.78 is 34.2. The van der Waals surface area contributed by atoms with Crippen molar-refractivity contribution in [3.63, 3.8) is 0 Å². The van der Waals surface area contributed by atoms with Crippen LogP contribution < -0.4 is 4.74 Å². The number of carboxylic acids is 1. The van der Waals surface area contributed by atoms with Gasteiger partial charge in [-0.25, -0.2) is 8.78 Å². The molecule has 1 saturated heterocycles. The summed E-state index contributed by atoms with van der Waals surface area (Å²) in [6, 6.07) is 9.39. The molecule has 1 aliphatic carbocycles. The summed E-state index contributed by atoms with van der Waals surface area (Å²) in [5.41, 5.74) is 1.05. The van der Waals surface area contributed by atoms with E-state index in [0.29, 0.717) is 29.9 Å². The maximum atomic E-state index is 14.1. The van der Waals surface area contributed by atoms with Crippen molar-refractivity contribution in [3.8, 4) is 5.75 Å². The smallest absolute Gasteiger partial charge is 0.306 e. The van der Waals surface area contributed by atoms with E-state index in [1.165, 1.54) is 0 Å². The van der Waals surface area contributed by atoms with Crippen molar-refractivity contribution in [1.82, 2.24) is 4.90 Å². The normalized spacial score (nSPS) is 24.0. The molecule has 0 bridgehead atoms. The van der Waals surface area contributed by atoms with Crippen molar-refractivity contribution >= 4 is 16.7 Å². The van der Waals surface area contributed by atoms with E-state index in [2.05, 4.69) is 18.7 Å². The number of halogens is 2. The predicted octanol–water partition coefficient (Wildman–Crippen LogP) is 6.59. The molecule has 4 nitrogen and oxygen atoms in total. The molecule has 0 spiro atoms. The lowest BCUT2D eigenvalue weighted by Gasteiger charge is -2.35. The molecule has 0 aromatic heterocycles. The van der Waals surface area contributed by atoms with Gasteiger partial charge in [-0.15, -0.1) is 0 Å². The van der Waals surface area contributed by atoms with Gasteiger partial charge in [0.1, 0.15) is 5.75 Å². The number of fused-ring (bicyclic) bond motifs is 1. The van der Waals surface area contributed by atoms with Crippen LogP contribution in [0.4, 0.5) is 8.78 Å². The van der Waals surface area contributed by atoms with E-state index in [1.807, 2.05) is 18.2 Å². The van der Waals surface area contributed by atoms with Crippen molar-refractivity contribution in [2.75, 3.05) is 13.1 Å². The molecule has 174 valence electrons. The lowest BCUT2D eigenvalue weighted by Crippen LogP contribution is -2.37. The second-order valence-corrected chi connectivity index (χ2v) is 9.58. The number of benzene rings is 2. The third kappa shape index (κ3) is 4.90. The van der Waals surface area contributed by atoms with Gasteiger partial charge >= 0.3 is 5.97 Å². The lowest BCUT2D eigenvalue weighted by molar-refractivity contribution is -0.143. The summed E-state index contributed by atoms with van der Waals surface area (Å²) in [6.07, 6.45) is 2.67. The summed E-state index contributed by atoms with van der Waals surface area (Å²) in [7, 11) is 0. The van der Waals surface area contributed by atoms with Crippen molar-refractivity contribution in [1.29, 1.82) is 0 Å². The SMILES string of the molecule is CC1CCC(Oc2ccc3cc([C@H](C)N4CCC(C(=O)O)CC4)ccc3c2C(F)F)CC1. The molecule has 1 heterocycles. The molecule has 2 aromatic carbocycles. The minimum atomic E-state index is -2.60. The van der Waals surface area contributed by atoms with E-state index >= 15 is 0 Å². The number of rotatable bonds is 6. The summed E-state index contributed by atoms with van der Waals surface area (Å²) >= 11 is 0. The molecule has 1 saturated carbocycles. The van der Waals surface area contributed by atoms with Crippen molar-refractivity contribution in [2.45, 2.75) is 70.9 Å². The van der Waals surface area contributed by atoms with Gasteiger partial charge < -0.3 is 9.84 Å². The number of carbonyl (C=O) groups is 1. The van der Waals surface area contributed by atoms with Crippen LogP contribution in [0, 0.1) is 11.8 Å². The van der Waals surface area contributed by atoms with E-state index in [-0.39, 0.29) is 23.6 Å². The third-order valence-electron chi connectivity index (χ3n) is 7.43. The standard InChI is InChI=1S/C26H33F2NO3/c1-16-3-7-21(8-4-16)32-23-10-6-20-15-19(5-9-22(20)24(23)25(27)28)17(2)29-13-11-18(12-14-29)26(30)31/h5-6,9-10,15-18,21,25H,3-4,7-8,11-14H2,1-2H3,(H,30,31)/t16?,17-,21?/m0/s1. The molecule has 6 heteroatoms. The van der Waals surface area contributed by atoms with Crippen LogP contribution in [0.2, 0.25) is 0 Å². The van der Waals surface area contributed by atoms with Gasteiger partial charge in [0.25, 0.3) is 6.43 Å². The highest BCUT2D eigenvalue weighted by molar-refractivity contribution is 5.88. The molecule has 2 aliphatic rings. The fraction of sp³-hybridized carbons (Fsp3) is 0.577. The van der Waals surface area contributed by atoms with Crippen LogP contribution in [-0.2, 0) is 4.79 Å². The molecular weight excluding hydrogens is 412 g/mol. The number of aliphatic carboxylic acids is 1. The zero-order valence-corrected chi connectivity index (χ0v) is 18.9. The van der Waals surface area contributed by atoms with Crippen molar-refractivity contribution in [3.05, 3.63) is 41.5 Å². The molecule has 0 amide bonds. The van der Waals surface area contributed by atoms with Gasteiger partial charge in [-0.05, 0) is 92.9 Å². The molecule has 2 aromatic rings. The second-order valence-electron chi connectivity index (χ2n) is 9.58. The van der Waals surface area contributed by atoms with Gasteiger partial charge in [-0.1, -0.05) is 25.1 Å². The summed E-state index contributed by atoms with van der Waals surface area (Å²) in [5, 5.41) is 10.5. The average molecular weight is 446 g/mol. The minimum absolute atomic E-state index is 0.00850. The van der Waals surface area contributed by atoms with Gasteiger partial charge in [0.15, 0.2) is 0 Å². The first kappa shape index (κ1) is 23.0. The monoisotopic (exact) mass is 445 g/mol. The van der Waals surface area contributed by atoms with Crippen molar-refractivity contribution < 1.29 is 23.4 Å². The fourth-order valence-corrected chi connectivity index (χ4v) is 5.21. The summed E-state index contributed by atoms with van der Waals surface area (Å²) in [5.74, 6) is -0.00214. The Morgan fingerprint density at radius 2 is 1.75 bits per heavy atom. The quantitative estimate of drug-likeness (QED) is 0.545. The zero-order chi connectivity index (χ0) is 22.8. The summed E-state index contributed by atoms with van der Waals surface area (Å²) in [4.78, 5) is 13.5. The highest BCUT2D eigenvalue weighted by atomic mass is 19.3. The number of hydrogen-bond donors (Lipinski definition) is 1. The Labute approximate surface area is 188 Å². The van der Waals surface area contributed by atoms with Crippen LogP contribution in [0.25, 0.3) is 10.8 Å². The topological polar surface area (TPSA) is 49.8 Å². The summed E-state index contributed by atoms with van der Waals surface area (Å²) in [6.45, 7) is 5.78. The van der Waals surface area contributed by atoms with Crippen LogP contribution in [-0.4, -0.2) is 35.2 Å². The molecule has 0 unspecified atom stereocenters. The van der Waals surface area contributed by atoms with Crippen LogP contribution >= 0.6 is 0 Å². The Morgan fingerprint density at radius 1 is 1.06 bits per heavy atom. The molecule has 2 fully saturated rings. The number of likely N-dealkylation sites (tertiary alicyclic amines) is 1. The van der Waals surface area contributed by atoms with E-state index in [0.717, 1.165) is 49.7 Å². The second kappa shape index (κ2) is 9.74. The molecule has 1 N–H and O–H groups in total. The Bertz CT molecular complexity index is 947. The van der Waals surface area contributed by atoms with E-state index in [1.54, 1.807) is 12.1 Å². The van der Waals surface area contributed by atoms with E-state index in [4.69, 9.17) is 4.74 Å². The van der Waals surface area contributed by atoms with Gasteiger partial charge in [-0.2, -0.15) is 0 Å².